The summed E-state index contributed by atoms with van der Waals surface area (Å²) >= 11 is 0. The number of benzene rings is 1. The minimum absolute atomic E-state index is 0.0758. The molecular weight excluding hydrogens is 376 g/mol. The zero-order valence-electron chi connectivity index (χ0n) is 17.1. The van der Waals surface area contributed by atoms with Gasteiger partial charge in [-0.15, -0.1) is 0 Å². The highest BCUT2D eigenvalue weighted by molar-refractivity contribution is 6.10. The van der Waals surface area contributed by atoms with Crippen molar-refractivity contribution in [3.63, 3.8) is 0 Å². The molecule has 9 heteroatoms. The predicted octanol–water partition coefficient (Wildman–Crippen LogP) is 1.79. The van der Waals surface area contributed by atoms with E-state index in [2.05, 4.69) is 16.0 Å². The molecule has 0 fully saturated rings. The summed E-state index contributed by atoms with van der Waals surface area (Å²) in [5.41, 5.74) is 1.03. The fourth-order valence-corrected chi connectivity index (χ4v) is 3.11. The second-order valence-corrected chi connectivity index (χ2v) is 7.85. The van der Waals surface area contributed by atoms with E-state index in [1.54, 1.807) is 38.1 Å². The van der Waals surface area contributed by atoms with Crippen LogP contribution >= 0.6 is 0 Å². The molecule has 4 N–H and O–H groups in total. The summed E-state index contributed by atoms with van der Waals surface area (Å²) in [7, 11) is 0. The van der Waals surface area contributed by atoms with Gasteiger partial charge in [-0.3, -0.25) is 14.5 Å². The number of hydrogen-bond donors (Lipinski definition) is 4. The van der Waals surface area contributed by atoms with Crippen molar-refractivity contribution in [2.75, 3.05) is 16.8 Å². The minimum atomic E-state index is -1.12. The van der Waals surface area contributed by atoms with Gasteiger partial charge < -0.3 is 21.1 Å². The topological polar surface area (TPSA) is 128 Å². The second kappa shape index (κ2) is 9.40. The SMILES string of the molecule is CC(C)C[C@H](NC(=O)[C@@H](NC(=O)N1CC(=O)Nc2ccccc21)C(C)C)C(=O)O. The molecule has 0 aromatic heterocycles. The molecule has 9 nitrogen and oxygen atoms in total. The maximum atomic E-state index is 12.9. The van der Waals surface area contributed by atoms with Crippen LogP contribution in [-0.2, 0) is 14.4 Å². The fourth-order valence-electron chi connectivity index (χ4n) is 3.11. The molecule has 1 aliphatic rings. The Labute approximate surface area is 169 Å². The Morgan fingerprint density at radius 2 is 1.79 bits per heavy atom. The molecule has 0 saturated carbocycles. The number of urea groups is 1. The molecule has 29 heavy (non-hydrogen) atoms. The highest BCUT2D eigenvalue weighted by atomic mass is 16.4. The van der Waals surface area contributed by atoms with Gasteiger partial charge in [0.05, 0.1) is 11.4 Å². The third kappa shape index (κ3) is 5.69. The first kappa shape index (κ1) is 22.2. The molecule has 0 aliphatic carbocycles. The summed E-state index contributed by atoms with van der Waals surface area (Å²) in [6.45, 7) is 7.05. The van der Waals surface area contributed by atoms with Crippen LogP contribution in [0.4, 0.5) is 16.2 Å². The molecule has 158 valence electrons. The number of rotatable bonds is 7. The van der Waals surface area contributed by atoms with Crippen molar-refractivity contribution in [1.82, 2.24) is 10.6 Å². The van der Waals surface area contributed by atoms with Crippen molar-refractivity contribution in [2.24, 2.45) is 11.8 Å². The number of carbonyl (C=O) groups excluding carboxylic acids is 3. The molecule has 4 amide bonds. The number of amides is 4. The lowest BCUT2D eigenvalue weighted by atomic mass is 10.0. The summed E-state index contributed by atoms with van der Waals surface area (Å²) in [5.74, 6) is -2.25. The molecule has 0 spiro atoms. The van der Waals surface area contributed by atoms with Crippen molar-refractivity contribution in [1.29, 1.82) is 0 Å². The highest BCUT2D eigenvalue weighted by Crippen LogP contribution is 2.28. The molecule has 1 aliphatic heterocycles. The molecule has 0 unspecified atom stereocenters. The van der Waals surface area contributed by atoms with Gasteiger partial charge in [0.25, 0.3) is 0 Å². The number of fused-ring (bicyclic) bond motifs is 1. The Morgan fingerprint density at radius 3 is 2.38 bits per heavy atom. The first-order valence-electron chi connectivity index (χ1n) is 9.60. The second-order valence-electron chi connectivity index (χ2n) is 7.85. The largest absolute Gasteiger partial charge is 0.480 e. The summed E-state index contributed by atoms with van der Waals surface area (Å²) in [6, 6.07) is 4.27. The number of nitrogens with zero attached hydrogens (tertiary/aromatic N) is 1. The smallest absolute Gasteiger partial charge is 0.326 e. The van der Waals surface area contributed by atoms with Gasteiger partial charge in [0.2, 0.25) is 11.8 Å². The molecule has 2 atom stereocenters. The zero-order valence-corrected chi connectivity index (χ0v) is 17.1. The minimum Gasteiger partial charge on any atom is -0.480 e. The van der Waals surface area contributed by atoms with Crippen molar-refractivity contribution >= 4 is 35.2 Å². The molecule has 0 saturated heterocycles. The standard InChI is InChI=1S/C20H28N4O5/c1-11(2)9-14(19(27)28)22-18(26)17(12(3)4)23-20(29)24-10-16(25)21-13-7-5-6-8-15(13)24/h5-8,11-12,14,17H,9-10H2,1-4H3,(H,21,25)(H,22,26)(H,23,29)(H,27,28)/t14-,17-/m0/s1. The molecule has 2 rings (SSSR count). The number of para-hydroxylation sites is 2. The average molecular weight is 404 g/mol. The third-order valence-corrected chi connectivity index (χ3v) is 4.57. The van der Waals surface area contributed by atoms with Crippen LogP contribution in [-0.4, -0.2) is 47.5 Å². The first-order chi connectivity index (χ1) is 13.6. The number of anilines is 2. The van der Waals surface area contributed by atoms with Crippen LogP contribution < -0.4 is 20.9 Å². The third-order valence-electron chi connectivity index (χ3n) is 4.57. The van der Waals surface area contributed by atoms with E-state index >= 15 is 0 Å². The molecule has 1 heterocycles. The number of hydrogen-bond acceptors (Lipinski definition) is 4. The highest BCUT2D eigenvalue weighted by Gasteiger charge is 2.32. The monoisotopic (exact) mass is 404 g/mol. The zero-order chi connectivity index (χ0) is 21.7. The van der Waals surface area contributed by atoms with Gasteiger partial charge in [0.15, 0.2) is 0 Å². The van der Waals surface area contributed by atoms with Gasteiger partial charge in [-0.25, -0.2) is 9.59 Å². The van der Waals surface area contributed by atoms with Crippen molar-refractivity contribution < 1.29 is 24.3 Å². The van der Waals surface area contributed by atoms with Crippen LogP contribution in [0, 0.1) is 11.8 Å². The summed E-state index contributed by atoms with van der Waals surface area (Å²) in [6.07, 6.45) is 0.277. The van der Waals surface area contributed by atoms with Crippen LogP contribution in [0.25, 0.3) is 0 Å². The maximum absolute atomic E-state index is 12.9. The Balaban J connectivity index is 2.16. The van der Waals surface area contributed by atoms with Gasteiger partial charge in [-0.2, -0.15) is 0 Å². The van der Waals surface area contributed by atoms with E-state index < -0.39 is 30.0 Å². The molecule has 1 aromatic carbocycles. The van der Waals surface area contributed by atoms with E-state index in [0.717, 1.165) is 0 Å². The van der Waals surface area contributed by atoms with Crippen molar-refractivity contribution in [2.45, 2.75) is 46.2 Å². The van der Waals surface area contributed by atoms with Crippen LogP contribution in [0.1, 0.15) is 34.1 Å². The first-order valence-corrected chi connectivity index (χ1v) is 9.60. The van der Waals surface area contributed by atoms with E-state index in [-0.39, 0.29) is 30.7 Å². The van der Waals surface area contributed by atoms with E-state index in [1.807, 2.05) is 13.8 Å². The van der Waals surface area contributed by atoms with E-state index in [0.29, 0.717) is 11.4 Å². The van der Waals surface area contributed by atoms with Gasteiger partial charge in [-0.05, 0) is 30.4 Å². The van der Waals surface area contributed by atoms with Gasteiger partial charge >= 0.3 is 12.0 Å². The summed E-state index contributed by atoms with van der Waals surface area (Å²) in [5, 5.41) is 17.2. The van der Waals surface area contributed by atoms with Gasteiger partial charge in [-0.1, -0.05) is 39.8 Å². The van der Waals surface area contributed by atoms with Crippen LogP contribution in [0.2, 0.25) is 0 Å². The quantitative estimate of drug-likeness (QED) is 0.551. The van der Waals surface area contributed by atoms with Crippen molar-refractivity contribution in [3.05, 3.63) is 24.3 Å². The molecule has 1 aromatic rings. The van der Waals surface area contributed by atoms with E-state index in [9.17, 15) is 24.3 Å². The van der Waals surface area contributed by atoms with Gasteiger partial charge in [0.1, 0.15) is 18.6 Å². The number of nitrogens with one attached hydrogen (secondary N) is 3. The summed E-state index contributed by atoms with van der Waals surface area (Å²) < 4.78 is 0. The maximum Gasteiger partial charge on any atom is 0.326 e. The van der Waals surface area contributed by atoms with Crippen LogP contribution in [0.15, 0.2) is 24.3 Å². The lowest BCUT2D eigenvalue weighted by Gasteiger charge is -2.32. The number of carboxylic acids is 1. The van der Waals surface area contributed by atoms with Crippen LogP contribution in [0.5, 0.6) is 0 Å². The number of carbonyl (C=O) groups is 4. The fraction of sp³-hybridized carbons (Fsp3) is 0.500. The van der Waals surface area contributed by atoms with Crippen molar-refractivity contribution in [3.8, 4) is 0 Å². The number of carboxylic acid groups (broad SMARTS) is 1. The lowest BCUT2D eigenvalue weighted by molar-refractivity contribution is -0.142. The lowest BCUT2D eigenvalue weighted by Crippen LogP contribution is -2.57. The Morgan fingerprint density at radius 1 is 1.14 bits per heavy atom. The van der Waals surface area contributed by atoms with E-state index in [4.69, 9.17) is 0 Å². The van der Waals surface area contributed by atoms with Gasteiger partial charge in [0, 0.05) is 0 Å². The Kier molecular flexibility index (Phi) is 7.19. The Bertz CT molecular complexity index is 793. The average Bonchev–Trinajstić information content (AvgIpc) is 2.63. The normalized spacial score (nSPS) is 15.4. The predicted molar refractivity (Wildman–Crippen MR) is 109 cm³/mol. The molecular formula is C20H28N4O5. The van der Waals surface area contributed by atoms with E-state index in [1.165, 1.54) is 4.90 Å². The molecule has 0 bridgehead atoms. The summed E-state index contributed by atoms with van der Waals surface area (Å²) in [4.78, 5) is 50.2. The molecule has 0 radical (unpaired) electrons. The number of aliphatic carboxylic acids is 1. The Hall–Kier alpha value is -3.10. The van der Waals surface area contributed by atoms with Crippen LogP contribution in [0.3, 0.4) is 0 Å².